The normalized spacial score (nSPS) is 9.27. The maximum atomic E-state index is 10.8. The van der Waals surface area contributed by atoms with Crippen LogP contribution in [0.25, 0.3) is 0 Å². The van der Waals surface area contributed by atoms with Gasteiger partial charge in [0.15, 0.2) is 0 Å². The van der Waals surface area contributed by atoms with Crippen molar-refractivity contribution in [1.82, 2.24) is 0 Å². The predicted octanol–water partition coefficient (Wildman–Crippen LogP) is 2.12. The Bertz CT molecular complexity index is 145. The molecule has 0 aliphatic carbocycles. The molecule has 0 amide bonds. The Kier molecular flexibility index (Phi) is 6.56. The summed E-state index contributed by atoms with van der Waals surface area (Å²) in [5, 5.41) is 0. The van der Waals surface area contributed by atoms with Crippen LogP contribution in [-0.4, -0.2) is 24.6 Å². The number of ether oxygens (including phenoxy) is 1. The number of carbonyl (C=O) groups is 1. The summed E-state index contributed by atoms with van der Waals surface area (Å²) in [6, 6.07) is 0. The molecule has 0 spiro atoms. The van der Waals surface area contributed by atoms with E-state index in [0.29, 0.717) is 12.2 Å². The van der Waals surface area contributed by atoms with Gasteiger partial charge in [-0.3, -0.25) is 0 Å². The molecule has 0 saturated carbocycles. The molecule has 0 aliphatic rings. The zero-order chi connectivity index (χ0) is 8.69. The van der Waals surface area contributed by atoms with Gasteiger partial charge < -0.3 is 4.74 Å². The van der Waals surface area contributed by atoms with Gasteiger partial charge in [-0.2, -0.15) is 0 Å². The molecule has 0 radical (unpaired) electrons. The minimum atomic E-state index is -0.299. The molecule has 0 aromatic heterocycles. The summed E-state index contributed by atoms with van der Waals surface area (Å²) in [7, 11) is 3.34. The molecule has 0 bridgehead atoms. The molecule has 0 aromatic rings. The minimum Gasteiger partial charge on any atom is -0.461 e. The molecule has 2 nitrogen and oxygen atoms in total. The van der Waals surface area contributed by atoms with Crippen LogP contribution in [0.1, 0.15) is 6.92 Å². The van der Waals surface area contributed by atoms with Crippen molar-refractivity contribution in [2.45, 2.75) is 6.92 Å². The van der Waals surface area contributed by atoms with Crippen LogP contribution in [0, 0.1) is 0 Å². The largest absolute Gasteiger partial charge is 0.461 e. The lowest BCUT2D eigenvalue weighted by atomic mass is 10.4. The first-order valence-corrected chi connectivity index (χ1v) is 5.89. The van der Waals surface area contributed by atoms with Gasteiger partial charge >= 0.3 is 5.97 Å². The van der Waals surface area contributed by atoms with Gasteiger partial charge in [-0.1, -0.05) is 28.2 Å². The fraction of sp³-hybridized carbons (Fsp3) is 0.571. The van der Waals surface area contributed by atoms with Crippen LogP contribution in [0.5, 0.6) is 0 Å². The summed E-state index contributed by atoms with van der Waals surface area (Å²) in [6.07, 6.45) is 1.99. The van der Waals surface area contributed by atoms with Crippen molar-refractivity contribution in [2.75, 3.05) is 18.6 Å². The summed E-state index contributed by atoms with van der Waals surface area (Å²) in [5.41, 5.74) is 0.458. The number of hydrogen-bond donors (Lipinski definition) is 0. The highest BCUT2D eigenvalue weighted by Crippen LogP contribution is 2.15. The molecule has 0 fully saturated rings. The number of carbonyl (C=O) groups excluding carboxylic acids is 1. The van der Waals surface area contributed by atoms with E-state index in [4.69, 9.17) is 4.74 Å². The van der Waals surface area contributed by atoms with Crippen molar-refractivity contribution in [3.8, 4) is 0 Å². The Balaban J connectivity index is 3.25. The zero-order valence-electron chi connectivity index (χ0n) is 6.75. The highest BCUT2D eigenvalue weighted by Gasteiger charge is 2.00. The standard InChI is InChI=1S/C7H12O2S2/c1-6(2)7(8)9-4-5-11-10-3/h1,4-5H2,2-3H3. The van der Waals surface area contributed by atoms with E-state index in [2.05, 4.69) is 6.58 Å². The average Bonchev–Trinajstić information content (AvgIpc) is 1.97. The SMILES string of the molecule is C=C(C)C(=O)OCCSSC. The summed E-state index contributed by atoms with van der Waals surface area (Å²) >= 11 is 0. The van der Waals surface area contributed by atoms with Crippen LogP contribution in [-0.2, 0) is 9.53 Å². The Labute approximate surface area is 75.2 Å². The fourth-order valence-electron chi connectivity index (χ4n) is 0.375. The van der Waals surface area contributed by atoms with Crippen molar-refractivity contribution in [2.24, 2.45) is 0 Å². The van der Waals surface area contributed by atoms with E-state index in [0.717, 1.165) is 5.75 Å². The van der Waals surface area contributed by atoms with Crippen LogP contribution < -0.4 is 0 Å². The molecule has 0 N–H and O–H groups in total. The van der Waals surface area contributed by atoms with Crippen molar-refractivity contribution < 1.29 is 9.53 Å². The molecule has 64 valence electrons. The maximum absolute atomic E-state index is 10.8. The number of rotatable bonds is 5. The summed E-state index contributed by atoms with van der Waals surface area (Å²) in [6.45, 7) is 5.58. The van der Waals surface area contributed by atoms with Crippen molar-refractivity contribution >= 4 is 27.6 Å². The highest BCUT2D eigenvalue weighted by atomic mass is 33.1. The average molecular weight is 192 g/mol. The van der Waals surface area contributed by atoms with Gasteiger partial charge in [0.2, 0.25) is 0 Å². The van der Waals surface area contributed by atoms with Gasteiger partial charge in [-0.05, 0) is 13.2 Å². The van der Waals surface area contributed by atoms with Crippen LogP contribution in [0.2, 0.25) is 0 Å². The first kappa shape index (κ1) is 10.9. The van der Waals surface area contributed by atoms with Crippen LogP contribution >= 0.6 is 21.6 Å². The van der Waals surface area contributed by atoms with Crippen molar-refractivity contribution in [1.29, 1.82) is 0 Å². The predicted molar refractivity (Wildman–Crippen MR) is 51.7 cm³/mol. The van der Waals surface area contributed by atoms with Crippen molar-refractivity contribution in [3.63, 3.8) is 0 Å². The van der Waals surface area contributed by atoms with Gasteiger partial charge in [-0.25, -0.2) is 4.79 Å². The zero-order valence-corrected chi connectivity index (χ0v) is 8.39. The van der Waals surface area contributed by atoms with E-state index in [1.807, 2.05) is 6.26 Å². The Morgan fingerprint density at radius 1 is 1.64 bits per heavy atom. The molecule has 0 rings (SSSR count). The second-order valence-electron chi connectivity index (χ2n) is 1.90. The lowest BCUT2D eigenvalue weighted by Gasteiger charge is -2.01. The fourth-order valence-corrected chi connectivity index (χ4v) is 1.40. The van der Waals surface area contributed by atoms with Gasteiger partial charge in [-0.15, -0.1) is 0 Å². The van der Waals surface area contributed by atoms with Gasteiger partial charge in [0.05, 0.1) is 0 Å². The molecule has 0 heterocycles. The lowest BCUT2D eigenvalue weighted by molar-refractivity contribution is -0.138. The second-order valence-corrected chi connectivity index (χ2v) is 4.59. The topological polar surface area (TPSA) is 26.3 Å². The monoisotopic (exact) mass is 192 g/mol. The van der Waals surface area contributed by atoms with Crippen LogP contribution in [0.4, 0.5) is 0 Å². The third kappa shape index (κ3) is 6.31. The van der Waals surface area contributed by atoms with E-state index in [9.17, 15) is 4.79 Å². The van der Waals surface area contributed by atoms with E-state index >= 15 is 0 Å². The highest BCUT2D eigenvalue weighted by molar-refractivity contribution is 8.76. The first-order valence-electron chi connectivity index (χ1n) is 3.16. The molecule has 4 heteroatoms. The van der Waals surface area contributed by atoms with E-state index < -0.39 is 0 Å². The quantitative estimate of drug-likeness (QED) is 0.288. The molecular formula is C7H12O2S2. The van der Waals surface area contributed by atoms with Gasteiger partial charge in [0, 0.05) is 11.3 Å². The first-order chi connectivity index (χ1) is 5.18. The number of hydrogen-bond acceptors (Lipinski definition) is 4. The smallest absolute Gasteiger partial charge is 0.333 e. The molecule has 11 heavy (non-hydrogen) atoms. The van der Waals surface area contributed by atoms with E-state index in [1.54, 1.807) is 28.5 Å². The van der Waals surface area contributed by atoms with Crippen LogP contribution in [0.3, 0.4) is 0 Å². The third-order valence-corrected chi connectivity index (χ3v) is 2.64. The Morgan fingerprint density at radius 2 is 2.27 bits per heavy atom. The summed E-state index contributed by atoms with van der Waals surface area (Å²) in [5.74, 6) is 0.534. The Morgan fingerprint density at radius 3 is 2.73 bits per heavy atom. The molecule has 0 unspecified atom stereocenters. The third-order valence-electron chi connectivity index (χ3n) is 0.866. The van der Waals surface area contributed by atoms with E-state index in [-0.39, 0.29) is 5.97 Å². The Hall–Kier alpha value is -0.0900. The van der Waals surface area contributed by atoms with Crippen molar-refractivity contribution in [3.05, 3.63) is 12.2 Å². The molecule has 0 aliphatic heterocycles. The molecule has 0 atom stereocenters. The molecular weight excluding hydrogens is 180 g/mol. The number of esters is 1. The molecule has 0 saturated heterocycles. The van der Waals surface area contributed by atoms with Gasteiger partial charge in [0.25, 0.3) is 0 Å². The summed E-state index contributed by atoms with van der Waals surface area (Å²) in [4.78, 5) is 10.8. The summed E-state index contributed by atoms with van der Waals surface area (Å²) < 4.78 is 4.83. The molecule has 0 aromatic carbocycles. The maximum Gasteiger partial charge on any atom is 0.333 e. The lowest BCUT2D eigenvalue weighted by Crippen LogP contribution is -2.07. The van der Waals surface area contributed by atoms with Gasteiger partial charge in [0.1, 0.15) is 6.61 Å². The minimum absolute atomic E-state index is 0.299. The van der Waals surface area contributed by atoms with E-state index in [1.165, 1.54) is 0 Å². The second kappa shape index (κ2) is 6.61. The van der Waals surface area contributed by atoms with Crippen LogP contribution in [0.15, 0.2) is 12.2 Å².